The molecule has 68 heavy (non-hydrogen) atoms. The van der Waals surface area contributed by atoms with E-state index in [0.29, 0.717) is 25.9 Å². The summed E-state index contributed by atoms with van der Waals surface area (Å²) in [6, 6.07) is -0.562. The Hall–Kier alpha value is -1.40. The van der Waals surface area contributed by atoms with Gasteiger partial charge in [0.1, 0.15) is 0 Å². The molecular formula is C62H121NO5. The zero-order valence-corrected chi connectivity index (χ0v) is 46.1. The molecule has 1 amide bonds. The van der Waals surface area contributed by atoms with Gasteiger partial charge in [0.2, 0.25) is 5.91 Å². The van der Waals surface area contributed by atoms with Gasteiger partial charge < -0.3 is 20.3 Å². The van der Waals surface area contributed by atoms with E-state index in [1.165, 1.54) is 257 Å². The number of hydrogen-bond acceptors (Lipinski definition) is 5. The quantitative estimate of drug-likeness (QED) is 0.0321. The van der Waals surface area contributed by atoms with Gasteiger partial charge in [-0.1, -0.05) is 296 Å². The van der Waals surface area contributed by atoms with Crippen LogP contribution < -0.4 is 5.32 Å². The number of carbonyl (C=O) groups excluding carboxylic acids is 2. The number of aliphatic hydroxyl groups is 2. The second kappa shape index (κ2) is 58.2. The number of esters is 1. The minimum Gasteiger partial charge on any atom is -0.466 e. The van der Waals surface area contributed by atoms with Crippen LogP contribution in [0.1, 0.15) is 348 Å². The van der Waals surface area contributed by atoms with Gasteiger partial charge in [-0.15, -0.1) is 0 Å². The molecule has 6 nitrogen and oxygen atoms in total. The highest BCUT2D eigenvalue weighted by molar-refractivity contribution is 5.76. The number of ether oxygens (including phenoxy) is 1. The largest absolute Gasteiger partial charge is 0.466 e. The first-order chi connectivity index (χ1) is 33.5. The summed E-state index contributed by atoms with van der Waals surface area (Å²) in [6.45, 7) is 4.92. The number of allylic oxidation sites excluding steroid dienone is 2. The smallest absolute Gasteiger partial charge is 0.305 e. The number of carbonyl (C=O) groups is 2. The third-order valence-electron chi connectivity index (χ3n) is 14.6. The lowest BCUT2D eigenvalue weighted by molar-refractivity contribution is -0.143. The molecule has 0 aromatic rings. The van der Waals surface area contributed by atoms with Gasteiger partial charge >= 0.3 is 5.97 Å². The number of rotatable bonds is 58. The molecule has 6 heteroatoms. The summed E-state index contributed by atoms with van der Waals surface area (Å²) in [5, 5.41) is 23.4. The van der Waals surface area contributed by atoms with Crippen molar-refractivity contribution in [2.45, 2.75) is 360 Å². The summed E-state index contributed by atoms with van der Waals surface area (Å²) in [6.07, 6.45) is 69.3. The molecule has 0 aromatic carbocycles. The Morgan fingerprint density at radius 3 is 1.04 bits per heavy atom. The van der Waals surface area contributed by atoms with Crippen LogP contribution in [0.4, 0.5) is 0 Å². The molecule has 2 unspecified atom stereocenters. The third kappa shape index (κ3) is 53.9. The Labute approximate surface area is 425 Å². The predicted octanol–water partition coefficient (Wildman–Crippen LogP) is 19.2. The molecule has 0 saturated heterocycles. The topological polar surface area (TPSA) is 95.9 Å². The summed E-state index contributed by atoms with van der Waals surface area (Å²) in [5.74, 6) is -0.0819. The second-order valence-corrected chi connectivity index (χ2v) is 21.4. The summed E-state index contributed by atoms with van der Waals surface area (Å²) in [4.78, 5) is 24.6. The summed E-state index contributed by atoms with van der Waals surface area (Å²) in [5.41, 5.74) is 0. The molecule has 0 spiro atoms. The van der Waals surface area contributed by atoms with Crippen molar-refractivity contribution in [3.63, 3.8) is 0 Å². The maximum absolute atomic E-state index is 12.5. The van der Waals surface area contributed by atoms with Crippen LogP contribution in [0.2, 0.25) is 0 Å². The van der Waals surface area contributed by atoms with Crippen molar-refractivity contribution in [3.8, 4) is 0 Å². The lowest BCUT2D eigenvalue weighted by Gasteiger charge is -2.22. The Morgan fingerprint density at radius 2 is 0.691 bits per heavy atom. The monoisotopic (exact) mass is 960 g/mol. The van der Waals surface area contributed by atoms with E-state index < -0.39 is 12.1 Å². The molecule has 0 aliphatic carbocycles. The zero-order chi connectivity index (χ0) is 49.3. The number of aliphatic hydroxyl groups excluding tert-OH is 2. The second-order valence-electron chi connectivity index (χ2n) is 21.4. The maximum atomic E-state index is 12.5. The van der Waals surface area contributed by atoms with E-state index in [1.54, 1.807) is 0 Å². The van der Waals surface area contributed by atoms with E-state index in [4.69, 9.17) is 4.74 Å². The van der Waals surface area contributed by atoms with Gasteiger partial charge in [-0.05, 0) is 51.4 Å². The summed E-state index contributed by atoms with van der Waals surface area (Å²) >= 11 is 0. The minimum atomic E-state index is -0.683. The lowest BCUT2D eigenvalue weighted by atomic mass is 10.0. The van der Waals surface area contributed by atoms with E-state index in [1.807, 2.05) is 0 Å². The fourth-order valence-electron chi connectivity index (χ4n) is 9.81. The fourth-order valence-corrected chi connectivity index (χ4v) is 9.81. The molecule has 0 radical (unpaired) electrons. The van der Waals surface area contributed by atoms with Crippen LogP contribution in [0.5, 0.6) is 0 Å². The zero-order valence-electron chi connectivity index (χ0n) is 46.1. The summed E-state index contributed by atoms with van der Waals surface area (Å²) in [7, 11) is 0. The van der Waals surface area contributed by atoms with Gasteiger partial charge in [-0.3, -0.25) is 9.59 Å². The van der Waals surface area contributed by atoms with Crippen molar-refractivity contribution >= 4 is 11.9 Å². The Morgan fingerprint density at radius 1 is 0.397 bits per heavy atom. The van der Waals surface area contributed by atoms with E-state index in [-0.39, 0.29) is 18.5 Å². The van der Waals surface area contributed by atoms with Gasteiger partial charge in [0.15, 0.2) is 0 Å². The van der Waals surface area contributed by atoms with E-state index in [9.17, 15) is 19.8 Å². The average molecular weight is 961 g/mol. The summed E-state index contributed by atoms with van der Waals surface area (Å²) < 4.78 is 5.48. The molecule has 2 atom stereocenters. The highest BCUT2D eigenvalue weighted by Crippen LogP contribution is 2.18. The standard InChI is InChI=1S/C62H121NO5/c1-3-5-7-9-11-13-15-17-19-21-23-24-25-26-28-29-31-33-35-38-42-46-50-54-60(65)59(58-64)63-61(66)55-51-47-43-39-37-41-45-49-53-57-68-62(67)56-52-48-44-40-36-34-32-30-27-22-20-18-16-14-12-10-8-6-4-2/h18,20,59-60,64-65H,3-17,19,21-58H2,1-2H3,(H,63,66)/b20-18-. The SMILES string of the molecule is CCCCCCCC/C=C\CCCCCCCCCCCC(=O)OCCCCCCCCCCCC(=O)NC(CO)C(O)CCCCCCCCCCCCCCCCCCCCCCCCC. The lowest BCUT2D eigenvalue weighted by Crippen LogP contribution is -2.45. The minimum absolute atomic E-state index is 0.0238. The molecule has 0 bridgehead atoms. The van der Waals surface area contributed by atoms with Crippen LogP contribution in [0, 0.1) is 0 Å². The number of nitrogens with one attached hydrogen (secondary N) is 1. The molecule has 0 fully saturated rings. The van der Waals surface area contributed by atoms with Gasteiger partial charge in [0.05, 0.1) is 25.4 Å². The number of hydrogen-bond donors (Lipinski definition) is 3. The van der Waals surface area contributed by atoms with Crippen LogP contribution in [0.25, 0.3) is 0 Å². The molecule has 0 saturated carbocycles. The van der Waals surface area contributed by atoms with Crippen molar-refractivity contribution in [1.82, 2.24) is 5.32 Å². The van der Waals surface area contributed by atoms with Crippen LogP contribution in [0.15, 0.2) is 12.2 Å². The van der Waals surface area contributed by atoms with Crippen molar-refractivity contribution < 1.29 is 24.5 Å². The molecule has 0 aliphatic heterocycles. The van der Waals surface area contributed by atoms with Gasteiger partial charge in [0, 0.05) is 12.8 Å². The van der Waals surface area contributed by atoms with E-state index >= 15 is 0 Å². The first kappa shape index (κ1) is 66.6. The predicted molar refractivity (Wildman–Crippen MR) is 297 cm³/mol. The van der Waals surface area contributed by atoms with Crippen LogP contribution in [0.3, 0.4) is 0 Å². The van der Waals surface area contributed by atoms with Crippen LogP contribution in [-0.4, -0.2) is 47.4 Å². The van der Waals surface area contributed by atoms with Gasteiger partial charge in [-0.25, -0.2) is 0 Å². The first-order valence-corrected chi connectivity index (χ1v) is 30.9. The van der Waals surface area contributed by atoms with Crippen molar-refractivity contribution in [1.29, 1.82) is 0 Å². The van der Waals surface area contributed by atoms with Crippen molar-refractivity contribution in [2.75, 3.05) is 13.2 Å². The van der Waals surface area contributed by atoms with E-state index in [0.717, 1.165) is 57.8 Å². The Balaban J connectivity index is 3.45. The highest BCUT2D eigenvalue weighted by atomic mass is 16.5. The van der Waals surface area contributed by atoms with Gasteiger partial charge in [0.25, 0.3) is 0 Å². The molecule has 3 N–H and O–H groups in total. The number of unbranched alkanes of at least 4 members (excludes halogenated alkanes) is 45. The third-order valence-corrected chi connectivity index (χ3v) is 14.6. The van der Waals surface area contributed by atoms with Crippen LogP contribution >= 0.6 is 0 Å². The van der Waals surface area contributed by atoms with Crippen LogP contribution in [-0.2, 0) is 14.3 Å². The molecule has 404 valence electrons. The van der Waals surface area contributed by atoms with Gasteiger partial charge in [-0.2, -0.15) is 0 Å². The van der Waals surface area contributed by atoms with Crippen molar-refractivity contribution in [3.05, 3.63) is 12.2 Å². The molecule has 0 aliphatic rings. The Kier molecular flexibility index (Phi) is 57.0. The van der Waals surface area contributed by atoms with E-state index in [2.05, 4.69) is 31.3 Å². The number of amides is 1. The fraction of sp³-hybridized carbons (Fsp3) is 0.935. The first-order valence-electron chi connectivity index (χ1n) is 30.9. The Bertz CT molecular complexity index is 1020. The highest BCUT2D eigenvalue weighted by Gasteiger charge is 2.20. The molecular weight excluding hydrogens is 839 g/mol. The molecule has 0 heterocycles. The molecule has 0 rings (SSSR count). The average Bonchev–Trinajstić information content (AvgIpc) is 3.34. The maximum Gasteiger partial charge on any atom is 0.305 e. The normalized spacial score (nSPS) is 12.6. The molecule has 0 aromatic heterocycles. The van der Waals surface area contributed by atoms with Crippen molar-refractivity contribution in [2.24, 2.45) is 0 Å².